The molecule has 2 aromatic rings. The van der Waals surface area contributed by atoms with Crippen LogP contribution in [0, 0.1) is 0 Å². The van der Waals surface area contributed by atoms with Gasteiger partial charge < -0.3 is 15.3 Å². The van der Waals surface area contributed by atoms with Gasteiger partial charge in [0.25, 0.3) is 0 Å². The molecule has 1 saturated heterocycles. The van der Waals surface area contributed by atoms with Gasteiger partial charge in [-0.2, -0.15) is 5.10 Å². The second kappa shape index (κ2) is 7.41. The average Bonchev–Trinajstić information content (AvgIpc) is 3.20. The minimum absolute atomic E-state index is 0.178. The molecule has 0 aromatic carbocycles. The molecule has 2 aromatic heterocycles. The molecule has 0 amide bonds. The minimum atomic E-state index is 0.178. The number of aryl methyl sites for hydroxylation is 2. The Morgan fingerprint density at radius 1 is 1.39 bits per heavy atom. The van der Waals surface area contributed by atoms with Crippen molar-refractivity contribution in [1.82, 2.24) is 19.7 Å². The van der Waals surface area contributed by atoms with Crippen LogP contribution < -0.4 is 10.2 Å². The Kier molecular flexibility index (Phi) is 5.07. The summed E-state index contributed by atoms with van der Waals surface area (Å²) in [5.41, 5.74) is 1.25. The molecule has 1 fully saturated rings. The number of anilines is 2. The number of aliphatic hydroxyl groups excluding tert-OH is 1. The first-order valence-electron chi connectivity index (χ1n) is 8.17. The van der Waals surface area contributed by atoms with E-state index < -0.39 is 0 Å². The van der Waals surface area contributed by atoms with Gasteiger partial charge in [0.15, 0.2) is 0 Å². The second-order valence-electron chi connectivity index (χ2n) is 5.99. The van der Waals surface area contributed by atoms with E-state index in [0.717, 1.165) is 50.4 Å². The fraction of sp³-hybridized carbons (Fsp3) is 0.562. The van der Waals surface area contributed by atoms with E-state index in [-0.39, 0.29) is 12.6 Å². The molecule has 1 unspecified atom stereocenters. The summed E-state index contributed by atoms with van der Waals surface area (Å²) >= 11 is 0. The van der Waals surface area contributed by atoms with Crippen molar-refractivity contribution in [2.75, 3.05) is 29.9 Å². The van der Waals surface area contributed by atoms with Crippen molar-refractivity contribution in [2.24, 2.45) is 7.05 Å². The van der Waals surface area contributed by atoms with Crippen LogP contribution in [0.1, 0.15) is 24.8 Å². The van der Waals surface area contributed by atoms with Crippen LogP contribution in [-0.2, 0) is 13.5 Å². The molecular weight excluding hydrogens is 292 g/mol. The Balaban J connectivity index is 1.51. The standard InChI is InChI=1S/C16H24N6O/c1-21-10-13(9-20-21)4-2-6-17-15-8-16(19-12-18-15)22-7-3-5-14(22)11-23/h8-10,12,14,23H,2-7,11H2,1H3,(H,17,18,19). The zero-order valence-corrected chi connectivity index (χ0v) is 13.5. The molecule has 2 N–H and O–H groups in total. The molecule has 1 aliphatic heterocycles. The molecule has 3 heterocycles. The maximum Gasteiger partial charge on any atom is 0.134 e. The van der Waals surface area contributed by atoms with E-state index in [1.165, 1.54) is 5.56 Å². The predicted molar refractivity (Wildman–Crippen MR) is 89.5 cm³/mol. The largest absolute Gasteiger partial charge is 0.394 e. The number of nitrogens with zero attached hydrogens (tertiary/aromatic N) is 5. The Labute approximate surface area is 136 Å². The monoisotopic (exact) mass is 316 g/mol. The normalized spacial score (nSPS) is 17.7. The zero-order chi connectivity index (χ0) is 16.1. The molecule has 0 aliphatic carbocycles. The number of nitrogens with one attached hydrogen (secondary N) is 1. The Bertz CT molecular complexity index is 629. The number of aromatic nitrogens is 4. The highest BCUT2D eigenvalue weighted by molar-refractivity contribution is 5.49. The van der Waals surface area contributed by atoms with E-state index in [1.807, 2.05) is 30.2 Å². The van der Waals surface area contributed by atoms with Gasteiger partial charge in [-0.15, -0.1) is 0 Å². The van der Waals surface area contributed by atoms with Crippen LogP contribution in [0.25, 0.3) is 0 Å². The lowest BCUT2D eigenvalue weighted by atomic mass is 10.2. The fourth-order valence-electron chi connectivity index (χ4n) is 3.04. The van der Waals surface area contributed by atoms with E-state index in [2.05, 4.69) is 25.3 Å². The summed E-state index contributed by atoms with van der Waals surface area (Å²) in [6.45, 7) is 1.98. The summed E-state index contributed by atoms with van der Waals surface area (Å²) in [5.74, 6) is 1.73. The lowest BCUT2D eigenvalue weighted by Crippen LogP contribution is -2.32. The molecule has 1 atom stereocenters. The van der Waals surface area contributed by atoms with Gasteiger partial charge in [0.05, 0.1) is 18.8 Å². The first-order valence-corrected chi connectivity index (χ1v) is 8.17. The maximum atomic E-state index is 9.44. The van der Waals surface area contributed by atoms with Gasteiger partial charge in [0, 0.05) is 32.4 Å². The smallest absolute Gasteiger partial charge is 0.134 e. The van der Waals surface area contributed by atoms with Crippen LogP contribution in [0.2, 0.25) is 0 Å². The van der Waals surface area contributed by atoms with Crippen LogP contribution in [-0.4, -0.2) is 50.6 Å². The van der Waals surface area contributed by atoms with Gasteiger partial charge in [-0.1, -0.05) is 0 Å². The van der Waals surface area contributed by atoms with E-state index in [1.54, 1.807) is 6.33 Å². The lowest BCUT2D eigenvalue weighted by Gasteiger charge is -2.24. The van der Waals surface area contributed by atoms with Crippen molar-refractivity contribution >= 4 is 11.6 Å². The summed E-state index contributed by atoms with van der Waals surface area (Å²) in [7, 11) is 1.93. The number of hydrogen-bond acceptors (Lipinski definition) is 6. The molecule has 0 radical (unpaired) electrons. The third-order valence-electron chi connectivity index (χ3n) is 4.24. The highest BCUT2D eigenvalue weighted by Gasteiger charge is 2.25. The molecule has 124 valence electrons. The van der Waals surface area contributed by atoms with Crippen LogP contribution in [0.3, 0.4) is 0 Å². The van der Waals surface area contributed by atoms with Crippen LogP contribution >= 0.6 is 0 Å². The van der Waals surface area contributed by atoms with Gasteiger partial charge in [-0.3, -0.25) is 4.68 Å². The second-order valence-corrected chi connectivity index (χ2v) is 5.99. The Morgan fingerprint density at radius 2 is 2.30 bits per heavy atom. The quantitative estimate of drug-likeness (QED) is 0.748. The van der Waals surface area contributed by atoms with Gasteiger partial charge in [-0.05, 0) is 31.2 Å². The summed E-state index contributed by atoms with van der Waals surface area (Å²) < 4.78 is 1.83. The van der Waals surface area contributed by atoms with Crippen molar-refractivity contribution in [1.29, 1.82) is 0 Å². The van der Waals surface area contributed by atoms with Crippen molar-refractivity contribution in [2.45, 2.75) is 31.7 Å². The molecule has 0 saturated carbocycles. The van der Waals surface area contributed by atoms with Crippen molar-refractivity contribution in [3.63, 3.8) is 0 Å². The summed E-state index contributed by atoms with van der Waals surface area (Å²) in [6.07, 6.45) is 9.69. The average molecular weight is 316 g/mol. The minimum Gasteiger partial charge on any atom is -0.394 e. The van der Waals surface area contributed by atoms with Crippen molar-refractivity contribution in [3.8, 4) is 0 Å². The van der Waals surface area contributed by atoms with E-state index in [4.69, 9.17) is 0 Å². The third-order valence-corrected chi connectivity index (χ3v) is 4.24. The Morgan fingerprint density at radius 3 is 3.09 bits per heavy atom. The number of hydrogen-bond donors (Lipinski definition) is 2. The predicted octanol–water partition coefficient (Wildman–Crippen LogP) is 1.22. The van der Waals surface area contributed by atoms with E-state index in [9.17, 15) is 5.11 Å². The van der Waals surface area contributed by atoms with Crippen molar-refractivity contribution in [3.05, 3.63) is 30.4 Å². The first-order chi connectivity index (χ1) is 11.3. The summed E-state index contributed by atoms with van der Waals surface area (Å²) in [4.78, 5) is 10.8. The van der Waals surface area contributed by atoms with Crippen molar-refractivity contribution < 1.29 is 5.11 Å². The van der Waals surface area contributed by atoms with E-state index in [0.29, 0.717) is 0 Å². The van der Waals surface area contributed by atoms with Gasteiger partial charge in [0.1, 0.15) is 18.0 Å². The van der Waals surface area contributed by atoms with Gasteiger partial charge >= 0.3 is 0 Å². The summed E-state index contributed by atoms with van der Waals surface area (Å²) in [5, 5.41) is 17.0. The van der Waals surface area contributed by atoms with Gasteiger partial charge in [0.2, 0.25) is 0 Å². The lowest BCUT2D eigenvalue weighted by molar-refractivity contribution is 0.266. The topological polar surface area (TPSA) is 79.1 Å². The SMILES string of the molecule is Cn1cc(CCCNc2cc(N3CCCC3CO)ncn2)cn1. The highest BCUT2D eigenvalue weighted by atomic mass is 16.3. The molecule has 0 spiro atoms. The highest BCUT2D eigenvalue weighted by Crippen LogP contribution is 2.24. The summed E-state index contributed by atoms with van der Waals surface area (Å²) in [6, 6.07) is 2.15. The maximum absolute atomic E-state index is 9.44. The molecule has 7 nitrogen and oxygen atoms in total. The first kappa shape index (κ1) is 15.7. The van der Waals surface area contributed by atoms with Crippen LogP contribution in [0.5, 0.6) is 0 Å². The number of rotatable bonds is 7. The molecule has 0 bridgehead atoms. The van der Waals surface area contributed by atoms with E-state index >= 15 is 0 Å². The molecule has 23 heavy (non-hydrogen) atoms. The molecule has 7 heteroatoms. The zero-order valence-electron chi connectivity index (χ0n) is 13.5. The third kappa shape index (κ3) is 3.98. The Hall–Kier alpha value is -2.15. The fourth-order valence-corrected chi connectivity index (χ4v) is 3.04. The number of aliphatic hydroxyl groups is 1. The van der Waals surface area contributed by atoms with Crippen LogP contribution in [0.4, 0.5) is 11.6 Å². The van der Waals surface area contributed by atoms with Crippen LogP contribution in [0.15, 0.2) is 24.8 Å². The van der Waals surface area contributed by atoms with Gasteiger partial charge in [-0.25, -0.2) is 9.97 Å². The molecular formula is C16H24N6O. The molecule has 1 aliphatic rings. The molecule has 3 rings (SSSR count).